The Hall–Kier alpha value is -1.08. The third-order valence-corrected chi connectivity index (χ3v) is 4.84. The van der Waals surface area contributed by atoms with E-state index in [1.54, 1.807) is 11.1 Å². The summed E-state index contributed by atoms with van der Waals surface area (Å²) in [6, 6.07) is 6.75. The molecular weight excluding hydrogens is 242 g/mol. The lowest BCUT2D eigenvalue weighted by molar-refractivity contribution is 0.201. The van der Waals surface area contributed by atoms with Crippen molar-refractivity contribution in [2.75, 3.05) is 19.6 Å². The molecule has 0 radical (unpaired) electrons. The van der Waals surface area contributed by atoms with Gasteiger partial charge in [0.2, 0.25) is 0 Å². The van der Waals surface area contributed by atoms with E-state index in [-0.39, 0.29) is 0 Å². The molecule has 110 valence electrons. The van der Waals surface area contributed by atoms with E-state index < -0.39 is 0 Å². The second-order valence-electron chi connectivity index (χ2n) is 6.28. The van der Waals surface area contributed by atoms with Gasteiger partial charge in [-0.25, -0.2) is 0 Å². The molecule has 0 unspecified atom stereocenters. The molecule has 1 nitrogen and oxygen atoms in total. The maximum atomic E-state index is 4.11. The van der Waals surface area contributed by atoms with E-state index in [9.17, 15) is 0 Å². The Morgan fingerprint density at radius 1 is 1.30 bits per heavy atom. The Morgan fingerprint density at radius 2 is 2.00 bits per heavy atom. The summed E-state index contributed by atoms with van der Waals surface area (Å²) in [6.45, 7) is 14.5. The van der Waals surface area contributed by atoms with Gasteiger partial charge in [-0.15, -0.1) is 0 Å². The minimum atomic E-state index is 0.761. The molecule has 1 aromatic rings. The van der Waals surface area contributed by atoms with Crippen molar-refractivity contribution in [1.82, 2.24) is 4.90 Å². The van der Waals surface area contributed by atoms with Gasteiger partial charge in [0.1, 0.15) is 0 Å². The first-order chi connectivity index (χ1) is 9.61. The molecule has 0 atom stereocenters. The van der Waals surface area contributed by atoms with Crippen molar-refractivity contribution in [3.8, 4) is 0 Å². The molecule has 0 amide bonds. The lowest BCUT2D eigenvalue weighted by Crippen LogP contribution is -2.35. The van der Waals surface area contributed by atoms with E-state index in [2.05, 4.69) is 50.4 Å². The van der Waals surface area contributed by atoms with Crippen LogP contribution in [0, 0.1) is 12.8 Å². The Bertz CT molecular complexity index is 453. The number of aryl methyl sites for hydroxylation is 1. The molecule has 0 bridgehead atoms. The summed E-state index contributed by atoms with van der Waals surface area (Å²) in [4.78, 5) is 2.63. The van der Waals surface area contributed by atoms with Crippen LogP contribution in [0.3, 0.4) is 0 Å². The Morgan fingerprint density at radius 3 is 2.60 bits per heavy atom. The molecule has 0 N–H and O–H groups in total. The van der Waals surface area contributed by atoms with Gasteiger partial charge in [-0.1, -0.05) is 37.3 Å². The van der Waals surface area contributed by atoms with Crippen LogP contribution in [0.15, 0.2) is 30.4 Å². The summed E-state index contributed by atoms with van der Waals surface area (Å²) in [5, 5.41) is 0. The number of allylic oxidation sites excluding steroid dienone is 1. The second-order valence-corrected chi connectivity index (χ2v) is 6.28. The fraction of sp³-hybridized carbons (Fsp3) is 0.579. The zero-order valence-electron chi connectivity index (χ0n) is 13.4. The summed E-state index contributed by atoms with van der Waals surface area (Å²) in [5.74, 6) is 0.761. The number of piperidine rings is 1. The first-order valence-electron chi connectivity index (χ1n) is 8.07. The SMILES string of the molecule is C=C(C)C1CCN(CCc2cccc(C)c2CC)CC1. The molecule has 1 aromatic carbocycles. The average Bonchev–Trinajstić information content (AvgIpc) is 2.45. The normalized spacial score (nSPS) is 17.4. The lowest BCUT2D eigenvalue weighted by Gasteiger charge is -2.32. The first kappa shape index (κ1) is 15.3. The quantitative estimate of drug-likeness (QED) is 0.718. The van der Waals surface area contributed by atoms with Crippen molar-refractivity contribution >= 4 is 0 Å². The molecule has 1 fully saturated rings. The number of rotatable bonds is 5. The van der Waals surface area contributed by atoms with Gasteiger partial charge in [0, 0.05) is 6.54 Å². The van der Waals surface area contributed by atoms with Crippen LogP contribution in [-0.2, 0) is 12.8 Å². The van der Waals surface area contributed by atoms with E-state index in [0.29, 0.717) is 0 Å². The monoisotopic (exact) mass is 271 g/mol. The molecule has 2 rings (SSSR count). The molecule has 1 saturated heterocycles. The Kier molecular flexibility index (Phi) is 5.42. The Balaban J connectivity index is 1.88. The van der Waals surface area contributed by atoms with Gasteiger partial charge in [0.25, 0.3) is 0 Å². The molecule has 1 heterocycles. The number of hydrogen-bond acceptors (Lipinski definition) is 1. The summed E-state index contributed by atoms with van der Waals surface area (Å²) in [7, 11) is 0. The Labute approximate surface area is 124 Å². The highest BCUT2D eigenvalue weighted by Gasteiger charge is 2.19. The predicted molar refractivity (Wildman–Crippen MR) is 88.2 cm³/mol. The second kappa shape index (κ2) is 7.08. The van der Waals surface area contributed by atoms with E-state index in [1.807, 2.05) is 0 Å². The largest absolute Gasteiger partial charge is 0.303 e. The lowest BCUT2D eigenvalue weighted by atomic mass is 9.90. The van der Waals surface area contributed by atoms with Crippen molar-refractivity contribution in [1.29, 1.82) is 0 Å². The van der Waals surface area contributed by atoms with Crippen LogP contribution in [0.5, 0.6) is 0 Å². The van der Waals surface area contributed by atoms with Gasteiger partial charge in [0.15, 0.2) is 0 Å². The molecule has 1 heteroatoms. The van der Waals surface area contributed by atoms with Crippen LogP contribution in [0.1, 0.15) is 43.4 Å². The fourth-order valence-electron chi connectivity index (χ4n) is 3.43. The molecule has 1 aliphatic heterocycles. The highest BCUT2D eigenvalue weighted by molar-refractivity contribution is 5.34. The fourth-order valence-corrected chi connectivity index (χ4v) is 3.43. The molecular formula is C19H29N. The zero-order valence-corrected chi connectivity index (χ0v) is 13.4. The maximum Gasteiger partial charge on any atom is 0.00219 e. The minimum Gasteiger partial charge on any atom is -0.303 e. The van der Waals surface area contributed by atoms with E-state index >= 15 is 0 Å². The van der Waals surface area contributed by atoms with E-state index in [1.165, 1.54) is 50.0 Å². The summed E-state index contributed by atoms with van der Waals surface area (Å²) in [6.07, 6.45) is 4.94. The minimum absolute atomic E-state index is 0.761. The molecule has 0 aromatic heterocycles. The van der Waals surface area contributed by atoms with E-state index in [0.717, 1.165) is 12.3 Å². The predicted octanol–water partition coefficient (Wildman–Crippen LogP) is 4.39. The highest BCUT2D eigenvalue weighted by atomic mass is 15.1. The molecule has 1 aliphatic rings. The van der Waals surface area contributed by atoms with Gasteiger partial charge >= 0.3 is 0 Å². The van der Waals surface area contributed by atoms with Crippen LogP contribution in [0.25, 0.3) is 0 Å². The summed E-state index contributed by atoms with van der Waals surface area (Å²) in [5.41, 5.74) is 5.93. The smallest absolute Gasteiger partial charge is 0.00219 e. The van der Waals surface area contributed by atoms with Crippen molar-refractivity contribution in [3.63, 3.8) is 0 Å². The van der Waals surface area contributed by atoms with Crippen LogP contribution in [0.2, 0.25) is 0 Å². The third kappa shape index (κ3) is 3.73. The number of likely N-dealkylation sites (tertiary alicyclic amines) is 1. The van der Waals surface area contributed by atoms with Crippen molar-refractivity contribution in [3.05, 3.63) is 47.0 Å². The van der Waals surface area contributed by atoms with Crippen molar-refractivity contribution in [2.45, 2.75) is 46.5 Å². The van der Waals surface area contributed by atoms with Crippen LogP contribution < -0.4 is 0 Å². The van der Waals surface area contributed by atoms with Crippen LogP contribution >= 0.6 is 0 Å². The molecule has 0 aliphatic carbocycles. The zero-order chi connectivity index (χ0) is 14.5. The van der Waals surface area contributed by atoms with Crippen molar-refractivity contribution in [2.24, 2.45) is 5.92 Å². The summed E-state index contributed by atoms with van der Waals surface area (Å²) >= 11 is 0. The topological polar surface area (TPSA) is 3.24 Å². The number of benzene rings is 1. The maximum absolute atomic E-state index is 4.11. The van der Waals surface area contributed by atoms with E-state index in [4.69, 9.17) is 0 Å². The average molecular weight is 271 g/mol. The highest BCUT2D eigenvalue weighted by Crippen LogP contribution is 2.23. The van der Waals surface area contributed by atoms with Crippen LogP contribution in [0.4, 0.5) is 0 Å². The molecule has 0 saturated carbocycles. The third-order valence-electron chi connectivity index (χ3n) is 4.84. The summed E-state index contributed by atoms with van der Waals surface area (Å²) < 4.78 is 0. The molecule has 20 heavy (non-hydrogen) atoms. The van der Waals surface area contributed by atoms with Crippen LogP contribution in [-0.4, -0.2) is 24.5 Å². The van der Waals surface area contributed by atoms with Gasteiger partial charge < -0.3 is 4.90 Å². The number of hydrogen-bond donors (Lipinski definition) is 0. The van der Waals surface area contributed by atoms with Gasteiger partial charge in [0.05, 0.1) is 0 Å². The van der Waals surface area contributed by atoms with Crippen molar-refractivity contribution < 1.29 is 0 Å². The standard InChI is InChI=1S/C19H29N/c1-5-19-16(4)7-6-8-18(19)11-14-20-12-9-17(10-13-20)15(2)3/h6-8,17H,2,5,9-14H2,1,3-4H3. The molecule has 0 spiro atoms. The first-order valence-corrected chi connectivity index (χ1v) is 8.07. The van der Waals surface area contributed by atoms with Gasteiger partial charge in [-0.05, 0) is 75.2 Å². The van der Waals surface area contributed by atoms with Gasteiger partial charge in [-0.3, -0.25) is 0 Å². The number of nitrogens with zero attached hydrogens (tertiary/aromatic N) is 1. The van der Waals surface area contributed by atoms with Gasteiger partial charge in [-0.2, -0.15) is 0 Å².